The van der Waals surface area contributed by atoms with Crippen LogP contribution < -0.4 is 4.90 Å². The summed E-state index contributed by atoms with van der Waals surface area (Å²) in [5, 5.41) is 0.682. The molecule has 0 radical (unpaired) electrons. The first-order valence-corrected chi connectivity index (χ1v) is 6.34. The van der Waals surface area contributed by atoms with Gasteiger partial charge in [-0.15, -0.1) is 0 Å². The van der Waals surface area contributed by atoms with Crippen LogP contribution in [0.3, 0.4) is 0 Å². The van der Waals surface area contributed by atoms with Crippen molar-refractivity contribution in [2.75, 3.05) is 39.1 Å². The minimum atomic E-state index is 0.682. The van der Waals surface area contributed by atoms with Gasteiger partial charge in [0.15, 0.2) is 0 Å². The Hall–Kier alpha value is -0.320. The van der Waals surface area contributed by atoms with E-state index >= 15 is 0 Å². The summed E-state index contributed by atoms with van der Waals surface area (Å²) in [5.41, 5.74) is 0. The van der Waals surface area contributed by atoms with Gasteiger partial charge in [-0.2, -0.15) is 0 Å². The van der Waals surface area contributed by atoms with Crippen LogP contribution in [0.5, 0.6) is 0 Å². The molecule has 0 aliphatic carbocycles. The second-order valence-electron chi connectivity index (χ2n) is 4.04. The van der Waals surface area contributed by atoms with Crippen LogP contribution in [0.4, 0.5) is 5.82 Å². The number of nitrogens with zero attached hydrogens (tertiary/aromatic N) is 3. The van der Waals surface area contributed by atoms with E-state index in [4.69, 9.17) is 11.6 Å². The molecule has 0 N–H and O–H groups in total. The summed E-state index contributed by atoms with van der Waals surface area (Å²) in [6, 6.07) is 1.87. The molecular formula is C11H17BrClN3. The Morgan fingerprint density at radius 1 is 1.31 bits per heavy atom. The molecule has 0 spiro atoms. The van der Waals surface area contributed by atoms with Gasteiger partial charge in [0.05, 0.1) is 5.02 Å². The number of hydrogen-bond acceptors (Lipinski definition) is 3. The molecule has 90 valence electrons. The molecule has 0 saturated carbocycles. The number of aromatic nitrogens is 1. The van der Waals surface area contributed by atoms with Crippen molar-refractivity contribution in [2.24, 2.45) is 0 Å². The van der Waals surface area contributed by atoms with Crippen molar-refractivity contribution in [1.82, 2.24) is 9.88 Å². The summed E-state index contributed by atoms with van der Waals surface area (Å²) in [4.78, 5) is 8.56. The molecule has 0 aromatic carbocycles. The molecular weight excluding hydrogens is 289 g/mol. The average molecular weight is 307 g/mol. The van der Waals surface area contributed by atoms with Crippen LogP contribution in [0.15, 0.2) is 16.7 Å². The maximum Gasteiger partial charge on any atom is 0.147 e. The van der Waals surface area contributed by atoms with Crippen LogP contribution in [0.25, 0.3) is 0 Å². The van der Waals surface area contributed by atoms with Crippen molar-refractivity contribution in [1.29, 1.82) is 0 Å². The van der Waals surface area contributed by atoms with Gasteiger partial charge in [0.2, 0.25) is 0 Å². The third-order valence-electron chi connectivity index (χ3n) is 2.25. The summed E-state index contributed by atoms with van der Waals surface area (Å²) in [5.74, 6) is 0.837. The van der Waals surface area contributed by atoms with Gasteiger partial charge in [0, 0.05) is 24.3 Å². The third kappa shape index (κ3) is 4.28. The summed E-state index contributed by atoms with van der Waals surface area (Å²) in [6.07, 6.45) is 2.86. The zero-order chi connectivity index (χ0) is 12.1. The number of anilines is 1. The van der Waals surface area contributed by atoms with Crippen LogP contribution in [0.2, 0.25) is 5.02 Å². The van der Waals surface area contributed by atoms with E-state index in [1.807, 2.05) is 13.1 Å². The predicted molar refractivity (Wildman–Crippen MR) is 73.4 cm³/mol. The first-order valence-electron chi connectivity index (χ1n) is 5.17. The SMILES string of the molecule is CN(C)CCCN(C)c1ncc(Br)cc1Cl. The standard InChI is InChI=1S/C11H17BrClN3/c1-15(2)5-4-6-16(3)11-10(13)7-9(12)8-14-11/h7-8H,4-6H2,1-3H3. The molecule has 1 rings (SSSR count). The molecule has 0 bridgehead atoms. The lowest BCUT2D eigenvalue weighted by Gasteiger charge is -2.20. The zero-order valence-electron chi connectivity index (χ0n) is 9.87. The van der Waals surface area contributed by atoms with E-state index in [1.54, 1.807) is 6.20 Å². The van der Waals surface area contributed by atoms with E-state index in [9.17, 15) is 0 Å². The zero-order valence-corrected chi connectivity index (χ0v) is 12.2. The number of pyridine rings is 1. The highest BCUT2D eigenvalue weighted by Gasteiger charge is 2.07. The molecule has 0 aliphatic heterocycles. The van der Waals surface area contributed by atoms with Gasteiger partial charge in [-0.05, 0) is 49.1 Å². The van der Waals surface area contributed by atoms with Crippen molar-refractivity contribution in [3.05, 3.63) is 21.8 Å². The molecule has 0 aliphatic rings. The number of rotatable bonds is 5. The van der Waals surface area contributed by atoms with E-state index in [1.165, 1.54) is 0 Å². The van der Waals surface area contributed by atoms with E-state index in [2.05, 4.69) is 44.8 Å². The van der Waals surface area contributed by atoms with E-state index in [-0.39, 0.29) is 0 Å². The first-order chi connectivity index (χ1) is 7.50. The predicted octanol–water partition coefficient (Wildman–Crippen LogP) is 2.89. The molecule has 1 heterocycles. The van der Waals surface area contributed by atoms with Gasteiger partial charge in [-0.25, -0.2) is 4.98 Å². The van der Waals surface area contributed by atoms with Crippen molar-refractivity contribution >= 4 is 33.3 Å². The van der Waals surface area contributed by atoms with Gasteiger partial charge in [-0.1, -0.05) is 11.6 Å². The van der Waals surface area contributed by atoms with Crippen molar-refractivity contribution in [2.45, 2.75) is 6.42 Å². The molecule has 1 aromatic rings. The molecule has 0 unspecified atom stereocenters. The Morgan fingerprint density at radius 2 is 2.00 bits per heavy atom. The van der Waals surface area contributed by atoms with Gasteiger partial charge in [-0.3, -0.25) is 0 Å². The first kappa shape index (κ1) is 13.7. The van der Waals surface area contributed by atoms with Gasteiger partial charge < -0.3 is 9.80 Å². The fraction of sp³-hybridized carbons (Fsp3) is 0.545. The van der Waals surface area contributed by atoms with Crippen LogP contribution in [0, 0.1) is 0 Å². The highest BCUT2D eigenvalue weighted by molar-refractivity contribution is 9.10. The topological polar surface area (TPSA) is 19.4 Å². The minimum absolute atomic E-state index is 0.682. The van der Waals surface area contributed by atoms with Crippen LogP contribution in [-0.2, 0) is 0 Å². The van der Waals surface area contributed by atoms with Crippen molar-refractivity contribution in [3.63, 3.8) is 0 Å². The van der Waals surface area contributed by atoms with Crippen molar-refractivity contribution < 1.29 is 0 Å². The maximum absolute atomic E-state index is 6.12. The van der Waals surface area contributed by atoms with E-state index in [0.29, 0.717) is 5.02 Å². The molecule has 1 aromatic heterocycles. The lowest BCUT2D eigenvalue weighted by atomic mass is 10.3. The van der Waals surface area contributed by atoms with Crippen LogP contribution in [0.1, 0.15) is 6.42 Å². The second kappa shape index (κ2) is 6.42. The molecule has 3 nitrogen and oxygen atoms in total. The number of hydrogen-bond donors (Lipinski definition) is 0. The Morgan fingerprint density at radius 3 is 2.56 bits per heavy atom. The highest BCUT2D eigenvalue weighted by atomic mass is 79.9. The van der Waals surface area contributed by atoms with Crippen LogP contribution in [-0.4, -0.2) is 44.1 Å². The molecule has 0 amide bonds. The summed E-state index contributed by atoms with van der Waals surface area (Å²) >= 11 is 9.47. The lowest BCUT2D eigenvalue weighted by molar-refractivity contribution is 0.401. The Bertz CT molecular complexity index is 344. The fourth-order valence-electron chi connectivity index (χ4n) is 1.42. The smallest absolute Gasteiger partial charge is 0.147 e. The lowest BCUT2D eigenvalue weighted by Crippen LogP contribution is -2.24. The summed E-state index contributed by atoms with van der Waals surface area (Å²) in [7, 11) is 6.16. The summed E-state index contributed by atoms with van der Waals surface area (Å²) in [6.45, 7) is 2.02. The molecule has 16 heavy (non-hydrogen) atoms. The van der Waals surface area contributed by atoms with Crippen LogP contribution >= 0.6 is 27.5 Å². The monoisotopic (exact) mass is 305 g/mol. The normalized spacial score (nSPS) is 10.9. The maximum atomic E-state index is 6.12. The van der Waals surface area contributed by atoms with Gasteiger partial charge >= 0.3 is 0 Å². The molecule has 0 fully saturated rings. The van der Waals surface area contributed by atoms with Gasteiger partial charge in [0.1, 0.15) is 5.82 Å². The van der Waals surface area contributed by atoms with E-state index in [0.717, 1.165) is 29.8 Å². The third-order valence-corrected chi connectivity index (χ3v) is 2.96. The number of halogens is 2. The Kier molecular flexibility index (Phi) is 5.52. The van der Waals surface area contributed by atoms with Crippen molar-refractivity contribution in [3.8, 4) is 0 Å². The second-order valence-corrected chi connectivity index (χ2v) is 5.36. The quantitative estimate of drug-likeness (QED) is 0.834. The fourth-order valence-corrected chi connectivity index (χ4v) is 2.19. The molecule has 5 heteroatoms. The Balaban J connectivity index is 2.55. The van der Waals surface area contributed by atoms with E-state index < -0.39 is 0 Å². The largest absolute Gasteiger partial charge is 0.358 e. The van der Waals surface area contributed by atoms with Gasteiger partial charge in [0.25, 0.3) is 0 Å². The highest BCUT2D eigenvalue weighted by Crippen LogP contribution is 2.25. The molecule has 0 saturated heterocycles. The summed E-state index contributed by atoms with van der Waals surface area (Å²) < 4.78 is 0.906. The minimum Gasteiger partial charge on any atom is -0.358 e. The average Bonchev–Trinajstić information content (AvgIpc) is 2.16. The molecule has 0 atom stereocenters. The Labute approximate surface area is 111 Å².